The van der Waals surface area contributed by atoms with Gasteiger partial charge in [0.25, 0.3) is 0 Å². The number of nitrogens with zero attached hydrogens (tertiary/aromatic N) is 3. The molecule has 1 aromatic heterocycles. The molecule has 0 radical (unpaired) electrons. The third kappa shape index (κ3) is 3.93. The number of nitrogens with one attached hydrogen (secondary N) is 1. The number of hydrogen-bond acceptors (Lipinski definition) is 3. The Labute approximate surface area is 154 Å². The molecule has 2 heterocycles. The van der Waals surface area contributed by atoms with Crippen molar-refractivity contribution in [1.82, 2.24) is 15.2 Å². The average Bonchev–Trinajstić information content (AvgIpc) is 3.19. The van der Waals surface area contributed by atoms with Crippen LogP contribution in [0.3, 0.4) is 0 Å². The first-order valence-electron chi connectivity index (χ1n) is 8.15. The highest BCUT2D eigenvalue weighted by molar-refractivity contribution is 14.0. The molecule has 1 saturated heterocycles. The third-order valence-corrected chi connectivity index (χ3v) is 5.87. The van der Waals surface area contributed by atoms with Crippen LogP contribution < -0.4 is 5.32 Å². The van der Waals surface area contributed by atoms with Crippen molar-refractivity contribution in [3.8, 4) is 0 Å². The summed E-state index contributed by atoms with van der Waals surface area (Å²) in [6, 6.07) is 0. The molecule has 1 aliphatic heterocycles. The second kappa shape index (κ2) is 7.95. The van der Waals surface area contributed by atoms with E-state index in [0.717, 1.165) is 31.3 Å². The third-order valence-electron chi connectivity index (χ3n) is 4.95. The SMILES string of the molecule is CCNC(=NCc1scnc1C)N1CCC2(CCCC2)C1.I. The Morgan fingerprint density at radius 3 is 2.82 bits per heavy atom. The summed E-state index contributed by atoms with van der Waals surface area (Å²) in [5.74, 6) is 1.09. The molecule has 0 aromatic carbocycles. The zero-order valence-electron chi connectivity index (χ0n) is 13.6. The molecule has 2 fully saturated rings. The quantitative estimate of drug-likeness (QED) is 0.447. The van der Waals surface area contributed by atoms with E-state index in [4.69, 9.17) is 4.99 Å². The summed E-state index contributed by atoms with van der Waals surface area (Å²) in [5, 5.41) is 3.47. The predicted molar refractivity (Wildman–Crippen MR) is 104 cm³/mol. The summed E-state index contributed by atoms with van der Waals surface area (Å²) >= 11 is 1.71. The number of thiazole rings is 1. The molecule has 1 N–H and O–H groups in total. The normalized spacial score (nSPS) is 20.5. The standard InChI is InChI=1S/C16H26N4S.HI/c1-3-17-15(18-10-14-13(2)19-12-21-14)20-9-8-16(11-20)6-4-5-7-16;/h12H,3-11H2,1-2H3,(H,17,18);1H. The van der Waals surface area contributed by atoms with E-state index in [9.17, 15) is 0 Å². The van der Waals surface area contributed by atoms with E-state index < -0.39 is 0 Å². The molecule has 1 aromatic rings. The van der Waals surface area contributed by atoms with Gasteiger partial charge in [0.2, 0.25) is 0 Å². The maximum absolute atomic E-state index is 4.86. The fourth-order valence-corrected chi connectivity index (χ4v) is 4.40. The van der Waals surface area contributed by atoms with Crippen molar-refractivity contribution in [2.75, 3.05) is 19.6 Å². The zero-order valence-corrected chi connectivity index (χ0v) is 16.7. The van der Waals surface area contributed by atoms with E-state index in [-0.39, 0.29) is 24.0 Å². The molecule has 0 unspecified atom stereocenters. The second-order valence-corrected chi connectivity index (χ2v) is 7.35. The van der Waals surface area contributed by atoms with Crippen molar-refractivity contribution >= 4 is 41.3 Å². The van der Waals surface area contributed by atoms with Crippen LogP contribution in [0.15, 0.2) is 10.5 Å². The molecular weight excluding hydrogens is 407 g/mol. The Kier molecular flexibility index (Phi) is 6.49. The summed E-state index contributed by atoms with van der Waals surface area (Å²) < 4.78 is 0. The van der Waals surface area contributed by atoms with E-state index >= 15 is 0 Å². The van der Waals surface area contributed by atoms with Gasteiger partial charge in [-0.05, 0) is 38.5 Å². The number of guanidine groups is 1. The van der Waals surface area contributed by atoms with Crippen LogP contribution in [0.1, 0.15) is 49.6 Å². The van der Waals surface area contributed by atoms with Crippen LogP contribution >= 0.6 is 35.3 Å². The van der Waals surface area contributed by atoms with E-state index in [1.54, 1.807) is 11.3 Å². The van der Waals surface area contributed by atoms with Crippen LogP contribution in [0.2, 0.25) is 0 Å². The topological polar surface area (TPSA) is 40.5 Å². The fraction of sp³-hybridized carbons (Fsp3) is 0.750. The van der Waals surface area contributed by atoms with Gasteiger partial charge in [-0.15, -0.1) is 35.3 Å². The Morgan fingerprint density at radius 1 is 1.41 bits per heavy atom. The lowest BCUT2D eigenvalue weighted by atomic mass is 9.86. The summed E-state index contributed by atoms with van der Waals surface area (Å²) in [5.41, 5.74) is 3.63. The van der Waals surface area contributed by atoms with Gasteiger partial charge in [-0.25, -0.2) is 9.98 Å². The fourth-order valence-electron chi connectivity index (χ4n) is 3.70. The molecular formula is C16H27IN4S. The molecule has 0 atom stereocenters. The smallest absolute Gasteiger partial charge is 0.194 e. The highest BCUT2D eigenvalue weighted by Crippen LogP contribution is 2.45. The van der Waals surface area contributed by atoms with Gasteiger partial charge in [0, 0.05) is 24.5 Å². The van der Waals surface area contributed by atoms with E-state index in [1.165, 1.54) is 43.5 Å². The number of hydrogen-bond donors (Lipinski definition) is 1. The monoisotopic (exact) mass is 434 g/mol. The van der Waals surface area contributed by atoms with Crippen molar-refractivity contribution in [2.45, 2.75) is 52.5 Å². The van der Waals surface area contributed by atoms with E-state index in [1.807, 2.05) is 5.51 Å². The summed E-state index contributed by atoms with van der Waals surface area (Å²) in [4.78, 5) is 12.9. The first kappa shape index (κ1) is 18.0. The van der Waals surface area contributed by atoms with Gasteiger partial charge in [-0.3, -0.25) is 0 Å². The van der Waals surface area contributed by atoms with Gasteiger partial charge in [0.1, 0.15) is 0 Å². The van der Waals surface area contributed by atoms with Crippen LogP contribution in [0.4, 0.5) is 0 Å². The Hall–Kier alpha value is -0.370. The van der Waals surface area contributed by atoms with Crippen molar-refractivity contribution in [1.29, 1.82) is 0 Å². The molecule has 0 bridgehead atoms. The molecule has 3 rings (SSSR count). The summed E-state index contributed by atoms with van der Waals surface area (Å²) in [6.07, 6.45) is 7.01. The van der Waals surface area contributed by atoms with Crippen LogP contribution in [-0.4, -0.2) is 35.5 Å². The molecule has 6 heteroatoms. The zero-order chi connectivity index (χ0) is 14.7. The predicted octanol–water partition coefficient (Wildman–Crippen LogP) is 3.80. The largest absolute Gasteiger partial charge is 0.357 e. The van der Waals surface area contributed by atoms with Crippen molar-refractivity contribution in [2.24, 2.45) is 10.4 Å². The Morgan fingerprint density at radius 2 is 2.18 bits per heavy atom. The number of aromatic nitrogens is 1. The summed E-state index contributed by atoms with van der Waals surface area (Å²) in [6.45, 7) is 8.26. The number of aryl methyl sites for hydroxylation is 1. The van der Waals surface area contributed by atoms with Gasteiger partial charge < -0.3 is 10.2 Å². The molecule has 1 spiro atoms. The first-order valence-corrected chi connectivity index (χ1v) is 9.03. The van der Waals surface area contributed by atoms with Gasteiger partial charge in [0.15, 0.2) is 5.96 Å². The molecule has 124 valence electrons. The van der Waals surface area contributed by atoms with Gasteiger partial charge in [-0.1, -0.05) is 12.8 Å². The lowest BCUT2D eigenvalue weighted by Gasteiger charge is -2.25. The minimum atomic E-state index is 0. The van der Waals surface area contributed by atoms with Crippen molar-refractivity contribution in [3.05, 3.63) is 16.1 Å². The van der Waals surface area contributed by atoms with Crippen LogP contribution in [0, 0.1) is 12.3 Å². The highest BCUT2D eigenvalue weighted by atomic mass is 127. The minimum absolute atomic E-state index is 0. The second-order valence-electron chi connectivity index (χ2n) is 6.41. The average molecular weight is 434 g/mol. The van der Waals surface area contributed by atoms with E-state index in [0.29, 0.717) is 5.41 Å². The molecule has 4 nitrogen and oxygen atoms in total. The minimum Gasteiger partial charge on any atom is -0.357 e. The first-order chi connectivity index (χ1) is 10.2. The molecule has 22 heavy (non-hydrogen) atoms. The van der Waals surface area contributed by atoms with Crippen LogP contribution in [-0.2, 0) is 6.54 Å². The van der Waals surface area contributed by atoms with Crippen molar-refractivity contribution < 1.29 is 0 Å². The van der Waals surface area contributed by atoms with Crippen molar-refractivity contribution in [3.63, 3.8) is 0 Å². The molecule has 0 amide bonds. The number of likely N-dealkylation sites (tertiary alicyclic amines) is 1. The van der Waals surface area contributed by atoms with Crippen LogP contribution in [0.25, 0.3) is 0 Å². The van der Waals surface area contributed by atoms with Gasteiger partial charge in [-0.2, -0.15) is 0 Å². The molecule has 1 saturated carbocycles. The van der Waals surface area contributed by atoms with Gasteiger partial charge in [0.05, 0.1) is 17.7 Å². The molecule has 2 aliphatic rings. The number of aliphatic imine (C=N–C) groups is 1. The van der Waals surface area contributed by atoms with Crippen LogP contribution in [0.5, 0.6) is 0 Å². The lowest BCUT2D eigenvalue weighted by molar-refractivity contribution is 0.309. The molecule has 1 aliphatic carbocycles. The maximum Gasteiger partial charge on any atom is 0.194 e. The number of halogens is 1. The Bertz CT molecular complexity index is 508. The Balaban J connectivity index is 0.00000176. The highest BCUT2D eigenvalue weighted by Gasteiger charge is 2.41. The summed E-state index contributed by atoms with van der Waals surface area (Å²) in [7, 11) is 0. The maximum atomic E-state index is 4.86. The lowest BCUT2D eigenvalue weighted by Crippen LogP contribution is -2.41. The van der Waals surface area contributed by atoms with Gasteiger partial charge >= 0.3 is 0 Å². The van der Waals surface area contributed by atoms with E-state index in [2.05, 4.69) is 29.0 Å². The number of rotatable bonds is 3.